The molecule has 0 fully saturated rings. The van der Waals surface area contributed by atoms with Crippen molar-refractivity contribution >= 4 is 10.1 Å². The largest absolute Gasteiger partial charge is 1.00 e. The average molecular weight is 344 g/mol. The van der Waals surface area contributed by atoms with Gasteiger partial charge in [0.05, 0.1) is 22.9 Å². The normalized spacial score (nSPS) is 10.7. The van der Waals surface area contributed by atoms with E-state index in [1.165, 1.54) is 19.1 Å². The van der Waals surface area contributed by atoms with Gasteiger partial charge >= 0.3 is 59.1 Å². The zero-order valence-corrected chi connectivity index (χ0v) is 17.1. The zero-order chi connectivity index (χ0) is 14.9. The van der Waals surface area contributed by atoms with Gasteiger partial charge in [-0.3, -0.25) is 9.89 Å². The maximum Gasteiger partial charge on any atom is 1.00 e. The fraction of sp³-hybridized carbons (Fsp3) is 0.182. The summed E-state index contributed by atoms with van der Waals surface area (Å²) < 4.78 is 33.6. The number of H-pyrrole nitrogens is 1. The number of hydrogen-bond acceptors (Lipinski definition) is 6. The molecule has 8 nitrogen and oxygen atoms in total. The van der Waals surface area contributed by atoms with E-state index in [4.69, 9.17) is 0 Å². The molecule has 0 aliphatic carbocycles. The van der Waals surface area contributed by atoms with Crippen LogP contribution >= 0.6 is 0 Å². The van der Waals surface area contributed by atoms with Crippen molar-refractivity contribution in [3.63, 3.8) is 0 Å². The van der Waals surface area contributed by atoms with Crippen molar-refractivity contribution in [1.82, 2.24) is 9.78 Å². The van der Waals surface area contributed by atoms with Gasteiger partial charge in [-0.2, -0.15) is 0 Å². The van der Waals surface area contributed by atoms with Gasteiger partial charge in [-0.25, -0.2) is 13.1 Å². The molecule has 0 amide bonds. The van der Waals surface area contributed by atoms with E-state index >= 15 is 0 Å². The monoisotopic (exact) mass is 344 g/mol. The first-order valence-electron chi connectivity index (χ1n) is 5.46. The Morgan fingerprint density at radius 1 is 1.23 bits per heavy atom. The SMILES string of the molecule is Cc1c(CO[O-])[nH]n(-c2ccc(S(=O)(=O)[O-])cc2)c1=O.[Na+].[Na+]. The third-order valence-corrected chi connectivity index (χ3v) is 3.66. The van der Waals surface area contributed by atoms with Crippen molar-refractivity contribution in [2.45, 2.75) is 18.4 Å². The Morgan fingerprint density at radius 2 is 1.77 bits per heavy atom. The second kappa shape index (κ2) is 8.78. The molecular weight excluding hydrogens is 334 g/mol. The van der Waals surface area contributed by atoms with Crippen LogP contribution in [0.4, 0.5) is 0 Å². The van der Waals surface area contributed by atoms with Gasteiger partial charge in [0.2, 0.25) is 0 Å². The number of hydrogen-bond donors (Lipinski definition) is 1. The van der Waals surface area contributed by atoms with Gasteiger partial charge in [0.25, 0.3) is 5.56 Å². The maximum absolute atomic E-state index is 11.9. The van der Waals surface area contributed by atoms with E-state index in [9.17, 15) is 23.0 Å². The number of aromatic amines is 1. The van der Waals surface area contributed by atoms with Crippen molar-refractivity contribution in [3.05, 3.63) is 45.9 Å². The maximum atomic E-state index is 11.9. The van der Waals surface area contributed by atoms with Crippen LogP contribution in [-0.2, 0) is 21.6 Å². The summed E-state index contributed by atoms with van der Waals surface area (Å²) in [7, 11) is -4.53. The van der Waals surface area contributed by atoms with Crippen LogP contribution < -0.4 is 69.9 Å². The zero-order valence-electron chi connectivity index (χ0n) is 12.3. The molecule has 2 rings (SSSR count). The first kappa shape index (κ1) is 22.1. The first-order valence-corrected chi connectivity index (χ1v) is 6.87. The predicted octanol–water partition coefficient (Wildman–Crippen LogP) is -6.82. The van der Waals surface area contributed by atoms with Crippen LogP contribution in [0.2, 0.25) is 0 Å². The quantitative estimate of drug-likeness (QED) is 0.254. The second-order valence-corrected chi connectivity index (χ2v) is 5.45. The van der Waals surface area contributed by atoms with E-state index in [0.29, 0.717) is 16.9 Å². The fourth-order valence-corrected chi connectivity index (χ4v) is 2.18. The minimum Gasteiger partial charge on any atom is -0.744 e. The summed E-state index contributed by atoms with van der Waals surface area (Å²) in [5.74, 6) is 0. The van der Waals surface area contributed by atoms with Crippen LogP contribution in [0, 0.1) is 6.92 Å². The molecule has 108 valence electrons. The Hall–Kier alpha value is 0.0600. The standard InChI is InChI=1S/C11H12N2O6S.2Na/c1-7-10(6-19-15)12-13(11(7)14)8-2-4-9(5-3-8)20(16,17)18;;/h2-5,12,15H,6H2,1H3,(H,16,17,18);;/q;2*+1/p-2. The number of benzene rings is 1. The molecule has 11 heteroatoms. The first-order chi connectivity index (χ1) is 9.34. The Balaban J connectivity index is 0.00000220. The Kier molecular flexibility index (Phi) is 8.81. The number of nitrogens with one attached hydrogen (secondary N) is 1. The minimum absolute atomic E-state index is 0. The van der Waals surface area contributed by atoms with Crippen LogP contribution in [0.5, 0.6) is 0 Å². The molecule has 0 saturated heterocycles. The van der Waals surface area contributed by atoms with Crippen molar-refractivity contribution in [2.75, 3.05) is 0 Å². The van der Waals surface area contributed by atoms with E-state index in [0.717, 1.165) is 16.8 Å². The van der Waals surface area contributed by atoms with Crippen LogP contribution in [-0.4, -0.2) is 22.8 Å². The topological polar surface area (TPSA) is 127 Å². The van der Waals surface area contributed by atoms with Gasteiger partial charge in [-0.05, 0) is 31.2 Å². The van der Waals surface area contributed by atoms with Crippen LogP contribution in [0.3, 0.4) is 0 Å². The van der Waals surface area contributed by atoms with Gasteiger partial charge in [-0.15, -0.1) is 0 Å². The molecule has 0 atom stereocenters. The predicted molar refractivity (Wildman–Crippen MR) is 63.9 cm³/mol. The van der Waals surface area contributed by atoms with E-state index in [1.54, 1.807) is 0 Å². The van der Waals surface area contributed by atoms with Gasteiger partial charge in [-0.1, -0.05) is 0 Å². The van der Waals surface area contributed by atoms with Crippen LogP contribution in [0.15, 0.2) is 34.0 Å². The van der Waals surface area contributed by atoms with Gasteiger partial charge in [0.15, 0.2) is 0 Å². The summed E-state index contributed by atoms with van der Waals surface area (Å²) in [6.45, 7) is 1.24. The molecule has 0 bridgehead atoms. The molecule has 1 aromatic carbocycles. The van der Waals surface area contributed by atoms with E-state index in [1.807, 2.05) is 0 Å². The van der Waals surface area contributed by atoms with E-state index in [2.05, 4.69) is 9.99 Å². The molecule has 1 heterocycles. The average Bonchev–Trinajstić information content (AvgIpc) is 2.67. The molecule has 22 heavy (non-hydrogen) atoms. The van der Waals surface area contributed by atoms with Crippen LogP contribution in [0.1, 0.15) is 11.3 Å². The molecule has 0 radical (unpaired) electrons. The minimum atomic E-state index is -4.53. The molecule has 0 unspecified atom stereocenters. The summed E-state index contributed by atoms with van der Waals surface area (Å²) >= 11 is 0. The van der Waals surface area contributed by atoms with Crippen molar-refractivity contribution < 1.29 is 82.2 Å². The summed E-state index contributed by atoms with van der Waals surface area (Å²) in [4.78, 5) is 15.3. The molecule has 0 aliphatic rings. The Bertz CT molecular complexity index is 782. The summed E-state index contributed by atoms with van der Waals surface area (Å²) in [6, 6.07) is 4.82. The Morgan fingerprint density at radius 3 is 2.23 bits per heavy atom. The third-order valence-electron chi connectivity index (χ3n) is 2.81. The van der Waals surface area contributed by atoms with Gasteiger partial charge in [0, 0.05) is 5.56 Å². The molecule has 0 spiro atoms. The number of rotatable bonds is 4. The van der Waals surface area contributed by atoms with Crippen molar-refractivity contribution in [3.8, 4) is 5.69 Å². The molecule has 1 aromatic heterocycles. The van der Waals surface area contributed by atoms with Crippen molar-refractivity contribution in [2.24, 2.45) is 0 Å². The summed E-state index contributed by atoms with van der Waals surface area (Å²) in [6.07, 6.45) is 0. The smallest absolute Gasteiger partial charge is 0.744 e. The molecule has 0 aliphatic heterocycles. The molecule has 0 saturated carbocycles. The van der Waals surface area contributed by atoms with E-state index < -0.39 is 15.7 Å². The number of nitrogens with zero attached hydrogens (tertiary/aromatic N) is 1. The summed E-state index contributed by atoms with van der Waals surface area (Å²) in [5, 5.41) is 12.8. The van der Waals surface area contributed by atoms with Gasteiger partial charge in [0.1, 0.15) is 10.1 Å². The van der Waals surface area contributed by atoms with Crippen molar-refractivity contribution in [1.29, 1.82) is 0 Å². The van der Waals surface area contributed by atoms with Crippen LogP contribution in [0.25, 0.3) is 5.69 Å². The summed E-state index contributed by atoms with van der Waals surface area (Å²) in [5.41, 5.74) is 0.587. The molecule has 1 N–H and O–H groups in total. The Labute approximate surface area is 170 Å². The fourth-order valence-electron chi connectivity index (χ4n) is 1.71. The third kappa shape index (κ3) is 4.78. The molecular formula is C11H10N2Na2O6S. The van der Waals surface area contributed by atoms with Gasteiger partial charge < -0.3 is 14.7 Å². The second-order valence-electron chi connectivity index (χ2n) is 4.07. The van der Waals surface area contributed by atoms with E-state index in [-0.39, 0.29) is 70.6 Å². The molecule has 2 aromatic rings. The number of aromatic nitrogens is 2.